The molecule has 2 heterocycles. The van der Waals surface area contributed by atoms with Crippen LogP contribution in [0.2, 0.25) is 0 Å². The standard InChI is InChI=1S/C17H14N2O4/c1-2-23-17(22)13-10-6-9-12-14(16(20)21)15(18-19(12)13)11-7-4-3-5-8-11/h3-10H,2H2,1H3,(H,20,21). The molecule has 3 aromatic rings. The molecular formula is C17H14N2O4. The second-order valence-corrected chi connectivity index (χ2v) is 4.82. The maximum absolute atomic E-state index is 12.1. The van der Waals surface area contributed by atoms with E-state index in [-0.39, 0.29) is 17.9 Å². The third-order valence-electron chi connectivity index (χ3n) is 3.40. The fourth-order valence-electron chi connectivity index (χ4n) is 2.44. The molecule has 0 fully saturated rings. The number of carbonyl (C=O) groups excluding carboxylic acids is 1. The molecule has 2 aromatic heterocycles. The first-order valence-electron chi connectivity index (χ1n) is 7.11. The van der Waals surface area contributed by atoms with Crippen molar-refractivity contribution in [3.05, 3.63) is 59.8 Å². The Bertz CT molecular complexity index is 884. The van der Waals surface area contributed by atoms with Gasteiger partial charge in [-0.3, -0.25) is 0 Å². The minimum absolute atomic E-state index is 0.0577. The number of hydrogen-bond donors (Lipinski definition) is 1. The fourth-order valence-corrected chi connectivity index (χ4v) is 2.44. The molecule has 3 rings (SSSR count). The number of ether oxygens (including phenoxy) is 1. The van der Waals surface area contributed by atoms with Gasteiger partial charge in [-0.2, -0.15) is 5.10 Å². The quantitative estimate of drug-likeness (QED) is 0.749. The van der Waals surface area contributed by atoms with E-state index in [1.807, 2.05) is 6.07 Å². The predicted octanol–water partition coefficient (Wildman–Crippen LogP) is 2.88. The number of esters is 1. The number of carboxylic acid groups (broad SMARTS) is 1. The SMILES string of the molecule is CCOC(=O)c1cccc2c(C(=O)O)c(-c3ccccc3)nn12. The van der Waals surface area contributed by atoms with E-state index in [9.17, 15) is 14.7 Å². The van der Waals surface area contributed by atoms with E-state index in [1.54, 1.807) is 49.4 Å². The number of pyridine rings is 1. The summed E-state index contributed by atoms with van der Waals surface area (Å²) >= 11 is 0. The maximum Gasteiger partial charge on any atom is 0.356 e. The van der Waals surface area contributed by atoms with E-state index < -0.39 is 11.9 Å². The third kappa shape index (κ3) is 2.55. The van der Waals surface area contributed by atoms with Gasteiger partial charge in [0, 0.05) is 5.56 Å². The summed E-state index contributed by atoms with van der Waals surface area (Å²) in [4.78, 5) is 23.8. The molecule has 0 aliphatic heterocycles. The lowest BCUT2D eigenvalue weighted by Crippen LogP contribution is -2.11. The van der Waals surface area contributed by atoms with Crippen molar-refractivity contribution in [2.24, 2.45) is 0 Å². The highest BCUT2D eigenvalue weighted by molar-refractivity contribution is 6.03. The minimum atomic E-state index is -1.10. The van der Waals surface area contributed by atoms with Crippen molar-refractivity contribution in [2.75, 3.05) is 6.61 Å². The van der Waals surface area contributed by atoms with E-state index in [0.29, 0.717) is 16.8 Å². The molecule has 0 aliphatic rings. The lowest BCUT2D eigenvalue weighted by molar-refractivity contribution is 0.0515. The van der Waals surface area contributed by atoms with Crippen molar-refractivity contribution < 1.29 is 19.4 Å². The van der Waals surface area contributed by atoms with Crippen LogP contribution >= 0.6 is 0 Å². The molecule has 1 N–H and O–H groups in total. The van der Waals surface area contributed by atoms with Crippen molar-refractivity contribution in [3.63, 3.8) is 0 Å². The molecule has 0 aliphatic carbocycles. The van der Waals surface area contributed by atoms with Gasteiger partial charge in [0.05, 0.1) is 12.1 Å². The molecule has 0 saturated carbocycles. The normalized spacial score (nSPS) is 10.7. The monoisotopic (exact) mass is 310 g/mol. The smallest absolute Gasteiger partial charge is 0.356 e. The molecule has 0 atom stereocenters. The van der Waals surface area contributed by atoms with Crippen molar-refractivity contribution in [1.82, 2.24) is 9.61 Å². The number of carboxylic acids is 1. The van der Waals surface area contributed by atoms with Crippen LogP contribution in [0.25, 0.3) is 16.8 Å². The molecule has 1 aromatic carbocycles. The number of aromatic nitrogens is 2. The van der Waals surface area contributed by atoms with Crippen LogP contribution in [0.4, 0.5) is 0 Å². The average Bonchev–Trinajstić information content (AvgIpc) is 2.95. The van der Waals surface area contributed by atoms with E-state index in [1.165, 1.54) is 4.52 Å². The summed E-state index contributed by atoms with van der Waals surface area (Å²) in [5, 5.41) is 13.9. The zero-order valence-corrected chi connectivity index (χ0v) is 12.4. The molecule has 0 radical (unpaired) electrons. The molecule has 0 unspecified atom stereocenters. The van der Waals surface area contributed by atoms with Gasteiger partial charge in [-0.15, -0.1) is 0 Å². The Kier molecular flexibility index (Phi) is 3.80. The summed E-state index contributed by atoms with van der Waals surface area (Å²) in [7, 11) is 0. The van der Waals surface area contributed by atoms with Crippen LogP contribution in [-0.4, -0.2) is 33.3 Å². The van der Waals surface area contributed by atoms with Crippen molar-refractivity contribution in [1.29, 1.82) is 0 Å². The van der Waals surface area contributed by atoms with Gasteiger partial charge in [0.2, 0.25) is 0 Å². The number of nitrogens with zero attached hydrogens (tertiary/aromatic N) is 2. The Morgan fingerprint density at radius 2 is 1.87 bits per heavy atom. The van der Waals surface area contributed by atoms with Crippen molar-refractivity contribution >= 4 is 17.5 Å². The van der Waals surface area contributed by atoms with Crippen LogP contribution in [0, 0.1) is 0 Å². The molecule has 0 bridgehead atoms. The van der Waals surface area contributed by atoms with Crippen LogP contribution in [0.15, 0.2) is 48.5 Å². The number of fused-ring (bicyclic) bond motifs is 1. The summed E-state index contributed by atoms with van der Waals surface area (Å²) < 4.78 is 6.33. The Labute approximate surface area is 131 Å². The summed E-state index contributed by atoms with van der Waals surface area (Å²) in [6.45, 7) is 1.94. The molecule has 116 valence electrons. The molecule has 6 nitrogen and oxygen atoms in total. The Hall–Kier alpha value is -3.15. The van der Waals surface area contributed by atoms with Gasteiger partial charge in [0.25, 0.3) is 0 Å². The van der Waals surface area contributed by atoms with Crippen LogP contribution in [0.3, 0.4) is 0 Å². The summed E-state index contributed by atoms with van der Waals surface area (Å²) in [6, 6.07) is 13.8. The highest BCUT2D eigenvalue weighted by atomic mass is 16.5. The highest BCUT2D eigenvalue weighted by Crippen LogP contribution is 2.27. The summed E-state index contributed by atoms with van der Waals surface area (Å²) in [5.74, 6) is -1.64. The molecular weight excluding hydrogens is 296 g/mol. The minimum Gasteiger partial charge on any atom is -0.478 e. The number of hydrogen-bond acceptors (Lipinski definition) is 4. The third-order valence-corrected chi connectivity index (χ3v) is 3.40. The van der Waals surface area contributed by atoms with Gasteiger partial charge in [-0.25, -0.2) is 14.1 Å². The first-order chi connectivity index (χ1) is 11.1. The molecule has 0 spiro atoms. The van der Waals surface area contributed by atoms with Crippen molar-refractivity contribution in [3.8, 4) is 11.3 Å². The highest BCUT2D eigenvalue weighted by Gasteiger charge is 2.23. The first kappa shape index (κ1) is 14.8. The van der Waals surface area contributed by atoms with Crippen LogP contribution < -0.4 is 0 Å². The zero-order chi connectivity index (χ0) is 16.4. The summed E-state index contributed by atoms with van der Waals surface area (Å²) in [5.41, 5.74) is 1.58. The lowest BCUT2D eigenvalue weighted by Gasteiger charge is -2.03. The van der Waals surface area contributed by atoms with Crippen LogP contribution in [-0.2, 0) is 4.74 Å². The topological polar surface area (TPSA) is 80.9 Å². The van der Waals surface area contributed by atoms with Gasteiger partial charge in [0.15, 0.2) is 5.69 Å². The maximum atomic E-state index is 12.1. The number of rotatable bonds is 4. The molecule has 0 saturated heterocycles. The van der Waals surface area contributed by atoms with Crippen LogP contribution in [0.5, 0.6) is 0 Å². The van der Waals surface area contributed by atoms with Gasteiger partial charge >= 0.3 is 11.9 Å². The number of aromatic carboxylic acids is 1. The predicted molar refractivity (Wildman–Crippen MR) is 83.5 cm³/mol. The second-order valence-electron chi connectivity index (χ2n) is 4.82. The summed E-state index contributed by atoms with van der Waals surface area (Å²) in [6.07, 6.45) is 0. The lowest BCUT2D eigenvalue weighted by atomic mass is 10.1. The zero-order valence-electron chi connectivity index (χ0n) is 12.4. The van der Waals surface area contributed by atoms with E-state index in [4.69, 9.17) is 4.74 Å². The van der Waals surface area contributed by atoms with Gasteiger partial charge < -0.3 is 9.84 Å². The van der Waals surface area contributed by atoms with Gasteiger partial charge in [0.1, 0.15) is 11.3 Å². The largest absolute Gasteiger partial charge is 0.478 e. The molecule has 0 amide bonds. The van der Waals surface area contributed by atoms with E-state index in [0.717, 1.165) is 0 Å². The van der Waals surface area contributed by atoms with Crippen molar-refractivity contribution in [2.45, 2.75) is 6.92 Å². The van der Waals surface area contributed by atoms with E-state index >= 15 is 0 Å². The molecule has 6 heteroatoms. The molecule has 23 heavy (non-hydrogen) atoms. The average molecular weight is 310 g/mol. The second kappa shape index (κ2) is 5.92. The first-order valence-corrected chi connectivity index (χ1v) is 7.11. The van der Waals surface area contributed by atoms with Gasteiger partial charge in [-0.1, -0.05) is 36.4 Å². The van der Waals surface area contributed by atoms with E-state index in [2.05, 4.69) is 5.10 Å². The Morgan fingerprint density at radius 1 is 1.13 bits per heavy atom. The Morgan fingerprint density at radius 3 is 2.52 bits per heavy atom. The Balaban J connectivity index is 2.30. The number of carbonyl (C=O) groups is 2. The van der Waals surface area contributed by atoms with Crippen LogP contribution in [0.1, 0.15) is 27.8 Å². The fraction of sp³-hybridized carbons (Fsp3) is 0.118. The van der Waals surface area contributed by atoms with Gasteiger partial charge in [-0.05, 0) is 19.1 Å². The number of benzene rings is 1.